The van der Waals surface area contributed by atoms with Gasteiger partial charge in [-0.15, -0.1) is 11.3 Å². The molecule has 4 nitrogen and oxygen atoms in total. The molecule has 2 aromatic heterocycles. The molecule has 1 fully saturated rings. The molecule has 164 valence electrons. The maximum Gasteiger partial charge on any atom is 0.225 e. The summed E-state index contributed by atoms with van der Waals surface area (Å²) in [4.78, 5) is 15.7. The highest BCUT2D eigenvalue weighted by atomic mass is 35.5. The van der Waals surface area contributed by atoms with E-state index in [9.17, 15) is 4.39 Å². The smallest absolute Gasteiger partial charge is 0.225 e. The Balaban J connectivity index is 1.52. The number of hydrogen-bond acceptors (Lipinski definition) is 5. The van der Waals surface area contributed by atoms with Gasteiger partial charge in [0.15, 0.2) is 0 Å². The Labute approximate surface area is 196 Å². The Kier molecular flexibility index (Phi) is 5.74. The van der Waals surface area contributed by atoms with Crippen LogP contribution in [0, 0.1) is 12.7 Å². The second-order valence-corrected chi connectivity index (χ2v) is 9.55. The molecule has 0 spiro atoms. The van der Waals surface area contributed by atoms with Crippen LogP contribution in [0.3, 0.4) is 0 Å². The Morgan fingerprint density at radius 3 is 2.34 bits per heavy atom. The molecule has 0 radical (unpaired) electrons. The first-order valence-electron chi connectivity index (χ1n) is 10.9. The summed E-state index contributed by atoms with van der Waals surface area (Å²) in [6, 6.07) is 15.7. The van der Waals surface area contributed by atoms with Gasteiger partial charge in [0.2, 0.25) is 5.28 Å². The number of nitrogens with zero attached hydrogens (tertiary/aromatic N) is 4. The highest BCUT2D eigenvalue weighted by Gasteiger charge is 2.25. The van der Waals surface area contributed by atoms with Gasteiger partial charge >= 0.3 is 0 Å². The second kappa shape index (κ2) is 8.68. The summed E-state index contributed by atoms with van der Waals surface area (Å²) in [7, 11) is 0. The predicted octanol–water partition coefficient (Wildman–Crippen LogP) is 6.35. The molecule has 3 heterocycles. The van der Waals surface area contributed by atoms with E-state index in [1.165, 1.54) is 27.6 Å². The molecule has 1 aliphatic heterocycles. The zero-order valence-electron chi connectivity index (χ0n) is 18.1. The molecule has 4 aromatic rings. The Hall–Kier alpha value is -2.70. The van der Waals surface area contributed by atoms with Crippen LogP contribution in [-0.4, -0.2) is 36.1 Å². The molecule has 0 N–H and O–H groups in total. The average molecular weight is 467 g/mol. The van der Waals surface area contributed by atoms with Crippen molar-refractivity contribution in [2.24, 2.45) is 0 Å². The van der Waals surface area contributed by atoms with Gasteiger partial charge in [-0.1, -0.05) is 43.3 Å². The highest BCUT2D eigenvalue weighted by molar-refractivity contribution is 7.19. The lowest BCUT2D eigenvalue weighted by atomic mass is 10.0. The lowest BCUT2D eigenvalue weighted by Gasteiger charge is -2.37. The van der Waals surface area contributed by atoms with Gasteiger partial charge in [-0.05, 0) is 48.2 Å². The quantitative estimate of drug-likeness (QED) is 0.328. The summed E-state index contributed by atoms with van der Waals surface area (Å²) in [6.07, 6.45) is 1.01. The van der Waals surface area contributed by atoms with Crippen molar-refractivity contribution < 1.29 is 4.39 Å². The molecule has 0 saturated carbocycles. The normalized spacial score (nSPS) is 14.4. The number of para-hydroxylation sites is 1. The van der Waals surface area contributed by atoms with E-state index in [0.717, 1.165) is 35.5 Å². The summed E-state index contributed by atoms with van der Waals surface area (Å²) in [5.41, 5.74) is 4.31. The van der Waals surface area contributed by atoms with E-state index < -0.39 is 0 Å². The number of rotatable bonds is 4. The first-order chi connectivity index (χ1) is 15.5. The molecule has 1 aliphatic rings. The SMILES string of the molecule is CCc1ccc(-c2c(C)sc3nc(Cl)nc(N4CCN(c5ccccc5F)CC4)c23)cc1. The van der Waals surface area contributed by atoms with Crippen molar-refractivity contribution in [3.63, 3.8) is 0 Å². The van der Waals surface area contributed by atoms with Crippen molar-refractivity contribution in [2.45, 2.75) is 20.3 Å². The van der Waals surface area contributed by atoms with Gasteiger partial charge in [0.1, 0.15) is 16.5 Å². The summed E-state index contributed by atoms with van der Waals surface area (Å²) in [5, 5.41) is 1.32. The molecule has 7 heteroatoms. The molecule has 0 amide bonds. The van der Waals surface area contributed by atoms with E-state index in [4.69, 9.17) is 11.6 Å². The van der Waals surface area contributed by atoms with Crippen LogP contribution in [0.2, 0.25) is 5.28 Å². The van der Waals surface area contributed by atoms with E-state index in [2.05, 4.69) is 57.9 Å². The maximum absolute atomic E-state index is 14.3. The summed E-state index contributed by atoms with van der Waals surface area (Å²) in [5.74, 6) is 0.687. The van der Waals surface area contributed by atoms with Crippen LogP contribution in [-0.2, 0) is 6.42 Å². The fourth-order valence-electron chi connectivity index (χ4n) is 4.42. The maximum atomic E-state index is 14.3. The lowest BCUT2D eigenvalue weighted by molar-refractivity contribution is 0.596. The van der Waals surface area contributed by atoms with Gasteiger partial charge in [-0.25, -0.2) is 9.37 Å². The fourth-order valence-corrected chi connectivity index (χ4v) is 5.67. The van der Waals surface area contributed by atoms with E-state index in [-0.39, 0.29) is 11.1 Å². The number of thiophene rings is 1. The number of fused-ring (bicyclic) bond motifs is 1. The predicted molar refractivity (Wildman–Crippen MR) is 133 cm³/mol. The monoisotopic (exact) mass is 466 g/mol. The van der Waals surface area contributed by atoms with Crippen molar-refractivity contribution in [3.8, 4) is 11.1 Å². The van der Waals surface area contributed by atoms with E-state index in [1.807, 2.05) is 12.1 Å². The number of halogens is 2. The van der Waals surface area contributed by atoms with Gasteiger partial charge in [0.25, 0.3) is 0 Å². The van der Waals surface area contributed by atoms with Gasteiger partial charge in [-0.3, -0.25) is 0 Å². The van der Waals surface area contributed by atoms with Gasteiger partial charge in [0.05, 0.1) is 11.1 Å². The van der Waals surface area contributed by atoms with Crippen molar-refractivity contribution in [3.05, 3.63) is 70.1 Å². The Morgan fingerprint density at radius 1 is 0.969 bits per heavy atom. The topological polar surface area (TPSA) is 32.3 Å². The molecular weight excluding hydrogens is 443 g/mol. The third kappa shape index (κ3) is 3.82. The minimum absolute atomic E-state index is 0.181. The zero-order valence-corrected chi connectivity index (χ0v) is 19.7. The minimum atomic E-state index is -0.181. The molecule has 0 atom stereocenters. The van der Waals surface area contributed by atoms with Gasteiger partial charge < -0.3 is 9.80 Å². The molecule has 2 aromatic carbocycles. The summed E-state index contributed by atoms with van der Waals surface area (Å²) in [6.45, 7) is 7.19. The second-order valence-electron chi connectivity index (χ2n) is 8.01. The third-order valence-corrected chi connectivity index (χ3v) is 7.27. The lowest BCUT2D eigenvalue weighted by Crippen LogP contribution is -2.47. The number of anilines is 2. The van der Waals surface area contributed by atoms with Crippen LogP contribution >= 0.6 is 22.9 Å². The molecule has 5 rings (SSSR count). The molecular formula is C25H24ClFN4S. The molecule has 0 unspecified atom stereocenters. The average Bonchev–Trinajstić information content (AvgIpc) is 3.14. The van der Waals surface area contributed by atoms with Crippen molar-refractivity contribution in [2.75, 3.05) is 36.0 Å². The van der Waals surface area contributed by atoms with Gasteiger partial charge in [0, 0.05) is 36.6 Å². The standard InChI is InChI=1S/C25H24ClFN4S/c1-3-17-8-10-18(11-9-17)21-16(2)32-24-22(21)23(28-25(26)29-24)31-14-12-30(13-15-31)20-7-5-4-6-19(20)27/h4-11H,3,12-15H2,1-2H3. The zero-order chi connectivity index (χ0) is 22.2. The van der Waals surface area contributed by atoms with Crippen LogP contribution in [0.5, 0.6) is 0 Å². The molecule has 0 bridgehead atoms. The Morgan fingerprint density at radius 2 is 1.66 bits per heavy atom. The summed E-state index contributed by atoms with van der Waals surface area (Å²) >= 11 is 7.99. The number of piperazine rings is 1. The molecule has 1 saturated heterocycles. The molecule has 0 aliphatic carbocycles. The van der Waals surface area contributed by atoms with Crippen molar-refractivity contribution >= 4 is 44.7 Å². The Bertz CT molecular complexity index is 1260. The van der Waals surface area contributed by atoms with E-state index in [1.54, 1.807) is 17.4 Å². The highest BCUT2D eigenvalue weighted by Crippen LogP contribution is 2.42. The minimum Gasteiger partial charge on any atom is -0.366 e. The van der Waals surface area contributed by atoms with Crippen LogP contribution in [0.1, 0.15) is 17.4 Å². The van der Waals surface area contributed by atoms with Gasteiger partial charge in [-0.2, -0.15) is 4.98 Å². The van der Waals surface area contributed by atoms with Crippen molar-refractivity contribution in [1.29, 1.82) is 0 Å². The number of aromatic nitrogens is 2. The molecule has 32 heavy (non-hydrogen) atoms. The van der Waals surface area contributed by atoms with Crippen LogP contribution in [0.4, 0.5) is 15.9 Å². The van der Waals surface area contributed by atoms with Crippen molar-refractivity contribution in [1.82, 2.24) is 9.97 Å². The first-order valence-corrected chi connectivity index (χ1v) is 12.0. The largest absolute Gasteiger partial charge is 0.366 e. The summed E-state index contributed by atoms with van der Waals surface area (Å²) < 4.78 is 14.3. The van der Waals surface area contributed by atoms with Crippen LogP contribution in [0.25, 0.3) is 21.3 Å². The van der Waals surface area contributed by atoms with Crippen LogP contribution in [0.15, 0.2) is 48.5 Å². The number of aryl methyl sites for hydroxylation is 2. The fraction of sp³-hybridized carbons (Fsp3) is 0.280. The van der Waals surface area contributed by atoms with Crippen LogP contribution < -0.4 is 9.80 Å². The third-order valence-electron chi connectivity index (χ3n) is 6.10. The first kappa shape index (κ1) is 21.2. The van der Waals surface area contributed by atoms with E-state index in [0.29, 0.717) is 18.8 Å². The number of benzene rings is 2. The number of hydrogen-bond donors (Lipinski definition) is 0. The van der Waals surface area contributed by atoms with E-state index >= 15 is 0 Å².